The average molecular weight is 422 g/mol. The smallest absolute Gasteiger partial charge is 0.229 e. The molecule has 0 bridgehead atoms. The molecule has 2 aliphatic rings. The fraction of sp³-hybridized carbons (Fsp3) is 0.304. The van der Waals surface area contributed by atoms with Crippen LogP contribution in [0.25, 0.3) is 0 Å². The maximum Gasteiger partial charge on any atom is 0.229 e. The van der Waals surface area contributed by atoms with Crippen LogP contribution in [0.15, 0.2) is 53.1 Å². The first kappa shape index (κ1) is 20.2. The van der Waals surface area contributed by atoms with Gasteiger partial charge in [0, 0.05) is 18.0 Å². The van der Waals surface area contributed by atoms with Gasteiger partial charge in [-0.15, -0.1) is 0 Å². The van der Waals surface area contributed by atoms with Crippen LogP contribution in [0.1, 0.15) is 23.5 Å². The standard InChI is InChI=1S/C23H23N3O3S/c1-15-4-7-17(8-5-15)25-13-26-22(27)11-18(19(12-24)23(26)30-14-25)16-6-9-20(28-2)21(10-16)29-3/h4-10,18H,11,13-14H2,1-3H3. The van der Waals surface area contributed by atoms with Crippen molar-refractivity contribution in [3.8, 4) is 17.6 Å². The molecule has 4 rings (SSSR count). The Morgan fingerprint density at radius 1 is 1.10 bits per heavy atom. The van der Waals surface area contributed by atoms with Crippen LogP contribution in [-0.4, -0.2) is 37.6 Å². The molecule has 154 valence electrons. The van der Waals surface area contributed by atoms with E-state index in [4.69, 9.17) is 9.47 Å². The molecule has 1 fully saturated rings. The Morgan fingerprint density at radius 2 is 1.83 bits per heavy atom. The molecule has 1 amide bonds. The maximum absolute atomic E-state index is 13.1. The number of amides is 1. The van der Waals surface area contributed by atoms with E-state index in [1.54, 1.807) is 19.1 Å². The summed E-state index contributed by atoms with van der Waals surface area (Å²) in [6.45, 7) is 2.51. The minimum Gasteiger partial charge on any atom is -0.493 e. The van der Waals surface area contributed by atoms with E-state index < -0.39 is 0 Å². The van der Waals surface area contributed by atoms with E-state index in [-0.39, 0.29) is 18.2 Å². The van der Waals surface area contributed by atoms with Crippen molar-refractivity contribution in [3.63, 3.8) is 0 Å². The van der Waals surface area contributed by atoms with Gasteiger partial charge >= 0.3 is 0 Å². The first-order valence-electron chi connectivity index (χ1n) is 9.66. The molecule has 0 spiro atoms. The van der Waals surface area contributed by atoms with Crippen molar-refractivity contribution < 1.29 is 14.3 Å². The number of hydrogen-bond donors (Lipinski definition) is 0. The lowest BCUT2D eigenvalue weighted by atomic mass is 9.86. The quantitative estimate of drug-likeness (QED) is 0.736. The van der Waals surface area contributed by atoms with Crippen LogP contribution in [0.4, 0.5) is 5.69 Å². The summed E-state index contributed by atoms with van der Waals surface area (Å²) < 4.78 is 10.7. The van der Waals surface area contributed by atoms with Crippen LogP contribution >= 0.6 is 11.8 Å². The molecular weight excluding hydrogens is 398 g/mol. The third-order valence-corrected chi connectivity index (χ3v) is 6.66. The van der Waals surface area contributed by atoms with Crippen LogP contribution in [0.3, 0.4) is 0 Å². The number of carbonyl (C=O) groups is 1. The molecule has 6 nitrogen and oxygen atoms in total. The van der Waals surface area contributed by atoms with Gasteiger partial charge in [0.25, 0.3) is 0 Å². The Bertz CT molecular complexity index is 1040. The Hall–Kier alpha value is -3.11. The van der Waals surface area contributed by atoms with Gasteiger partial charge in [-0.25, -0.2) is 0 Å². The molecule has 0 aliphatic carbocycles. The van der Waals surface area contributed by atoms with Crippen LogP contribution in [0.5, 0.6) is 11.5 Å². The summed E-state index contributed by atoms with van der Waals surface area (Å²) in [4.78, 5) is 17.0. The zero-order chi connectivity index (χ0) is 21.3. The number of rotatable bonds is 4. The van der Waals surface area contributed by atoms with E-state index in [1.165, 1.54) is 17.3 Å². The second kappa shape index (κ2) is 8.33. The molecule has 2 aliphatic heterocycles. The number of fused-ring (bicyclic) bond motifs is 1. The number of methoxy groups -OCH3 is 2. The molecule has 1 saturated heterocycles. The number of hydrogen-bond acceptors (Lipinski definition) is 6. The lowest BCUT2D eigenvalue weighted by molar-refractivity contribution is -0.129. The van der Waals surface area contributed by atoms with Gasteiger partial charge in [0.15, 0.2) is 11.5 Å². The number of allylic oxidation sites excluding steroid dienone is 1. The highest BCUT2D eigenvalue weighted by molar-refractivity contribution is 8.03. The third-order valence-electron chi connectivity index (χ3n) is 5.50. The second-order valence-electron chi connectivity index (χ2n) is 7.31. The molecule has 1 atom stereocenters. The van der Waals surface area contributed by atoms with Gasteiger partial charge in [-0.3, -0.25) is 9.69 Å². The second-order valence-corrected chi connectivity index (χ2v) is 8.25. The van der Waals surface area contributed by atoms with E-state index in [2.05, 4.69) is 42.2 Å². The molecular formula is C23H23N3O3S. The minimum absolute atomic E-state index is 0.0214. The summed E-state index contributed by atoms with van der Waals surface area (Å²) in [6, 6.07) is 16.2. The zero-order valence-electron chi connectivity index (χ0n) is 17.2. The van der Waals surface area contributed by atoms with Gasteiger partial charge in [0.1, 0.15) is 0 Å². The molecule has 0 saturated carbocycles. The van der Waals surface area contributed by atoms with Crippen LogP contribution in [0.2, 0.25) is 0 Å². The number of benzene rings is 2. The predicted octanol–water partition coefficient (Wildman–Crippen LogP) is 4.23. The highest BCUT2D eigenvalue weighted by Gasteiger charge is 2.38. The molecule has 0 radical (unpaired) electrons. The normalized spacial score (nSPS) is 18.7. The van der Waals surface area contributed by atoms with Gasteiger partial charge in [-0.1, -0.05) is 35.5 Å². The Morgan fingerprint density at radius 3 is 2.50 bits per heavy atom. The van der Waals surface area contributed by atoms with E-state index in [0.29, 0.717) is 29.6 Å². The number of anilines is 1. The fourth-order valence-electron chi connectivity index (χ4n) is 3.84. The summed E-state index contributed by atoms with van der Waals surface area (Å²) in [5.41, 5.74) is 3.78. The van der Waals surface area contributed by atoms with Crippen molar-refractivity contribution in [2.24, 2.45) is 0 Å². The SMILES string of the molecule is COc1ccc(C2CC(=O)N3CN(c4ccc(C)cc4)CSC3=C2C#N)cc1OC. The van der Waals surface area contributed by atoms with Crippen LogP contribution < -0.4 is 14.4 Å². The minimum atomic E-state index is -0.285. The average Bonchev–Trinajstić information content (AvgIpc) is 2.78. The maximum atomic E-state index is 13.1. The molecule has 7 heteroatoms. The number of carbonyl (C=O) groups excluding carboxylic acids is 1. The largest absolute Gasteiger partial charge is 0.493 e. The Kier molecular flexibility index (Phi) is 5.60. The van der Waals surface area contributed by atoms with E-state index in [9.17, 15) is 10.1 Å². The van der Waals surface area contributed by atoms with Crippen molar-refractivity contribution in [2.75, 3.05) is 31.7 Å². The predicted molar refractivity (Wildman–Crippen MR) is 117 cm³/mol. The summed E-state index contributed by atoms with van der Waals surface area (Å²) in [5.74, 6) is 1.64. The van der Waals surface area contributed by atoms with Crippen molar-refractivity contribution >= 4 is 23.4 Å². The lowest BCUT2D eigenvalue weighted by Crippen LogP contribution is -2.47. The highest BCUT2D eigenvalue weighted by atomic mass is 32.2. The zero-order valence-corrected chi connectivity index (χ0v) is 18.0. The topological polar surface area (TPSA) is 65.8 Å². The molecule has 2 aromatic rings. The van der Waals surface area contributed by atoms with Crippen molar-refractivity contribution in [3.05, 3.63) is 64.2 Å². The van der Waals surface area contributed by atoms with Gasteiger partial charge in [-0.05, 0) is 36.8 Å². The van der Waals surface area contributed by atoms with Crippen molar-refractivity contribution in [1.29, 1.82) is 5.26 Å². The summed E-state index contributed by atoms with van der Waals surface area (Å²) in [7, 11) is 3.16. The van der Waals surface area contributed by atoms with Crippen molar-refractivity contribution in [1.82, 2.24) is 4.90 Å². The molecule has 0 N–H and O–H groups in total. The molecule has 2 heterocycles. The van der Waals surface area contributed by atoms with Gasteiger partial charge in [0.2, 0.25) is 5.91 Å². The fourth-order valence-corrected chi connectivity index (χ4v) is 5.00. The number of nitrogens with zero attached hydrogens (tertiary/aromatic N) is 3. The summed E-state index contributed by atoms with van der Waals surface area (Å²) in [6.07, 6.45) is 0.254. The molecule has 30 heavy (non-hydrogen) atoms. The molecule has 2 aromatic carbocycles. The van der Waals surface area contributed by atoms with Crippen LogP contribution in [0, 0.1) is 18.3 Å². The number of ether oxygens (including phenoxy) is 2. The summed E-state index contributed by atoms with van der Waals surface area (Å²) in [5, 5.41) is 10.7. The molecule has 0 aromatic heterocycles. The van der Waals surface area contributed by atoms with E-state index >= 15 is 0 Å². The van der Waals surface area contributed by atoms with E-state index in [1.807, 2.05) is 18.2 Å². The number of aryl methyl sites for hydroxylation is 1. The number of nitriles is 1. The first-order chi connectivity index (χ1) is 14.5. The van der Waals surface area contributed by atoms with Gasteiger partial charge < -0.3 is 14.4 Å². The van der Waals surface area contributed by atoms with E-state index in [0.717, 1.165) is 16.3 Å². The molecule has 1 unspecified atom stereocenters. The third kappa shape index (κ3) is 3.59. The summed E-state index contributed by atoms with van der Waals surface area (Å²) >= 11 is 1.54. The lowest BCUT2D eigenvalue weighted by Gasteiger charge is -2.42. The van der Waals surface area contributed by atoms with Gasteiger partial charge in [-0.2, -0.15) is 5.26 Å². The van der Waals surface area contributed by atoms with Crippen molar-refractivity contribution in [2.45, 2.75) is 19.3 Å². The van der Waals surface area contributed by atoms with Gasteiger partial charge in [0.05, 0.1) is 43.4 Å². The van der Waals surface area contributed by atoms with Crippen LogP contribution in [-0.2, 0) is 4.79 Å². The monoisotopic (exact) mass is 421 g/mol. The Labute approximate surface area is 180 Å². The number of thioether (sulfide) groups is 1. The Balaban J connectivity index is 1.66. The highest BCUT2D eigenvalue weighted by Crippen LogP contribution is 2.44. The first-order valence-corrected chi connectivity index (χ1v) is 10.6.